The van der Waals surface area contributed by atoms with E-state index in [0.717, 1.165) is 18.7 Å². The zero-order valence-electron chi connectivity index (χ0n) is 11.9. The fourth-order valence-corrected chi connectivity index (χ4v) is 2.01. The normalized spacial score (nSPS) is 10.1. The van der Waals surface area contributed by atoms with E-state index in [-0.39, 0.29) is 5.91 Å². The van der Waals surface area contributed by atoms with Crippen LogP contribution >= 0.6 is 0 Å². The van der Waals surface area contributed by atoms with Gasteiger partial charge in [0.25, 0.3) is 5.91 Å². The monoisotopic (exact) mass is 268 g/mol. The highest BCUT2D eigenvalue weighted by molar-refractivity contribution is 5.94. The van der Waals surface area contributed by atoms with Crippen LogP contribution in [0, 0.1) is 0 Å². The average molecular weight is 268 g/mol. The first-order valence-electron chi connectivity index (χ1n) is 6.86. The molecule has 0 saturated carbocycles. The summed E-state index contributed by atoms with van der Waals surface area (Å²) in [7, 11) is 1.64. The number of amides is 1. The van der Waals surface area contributed by atoms with Gasteiger partial charge in [0.15, 0.2) is 0 Å². The predicted octanol–water partition coefficient (Wildman–Crippen LogP) is 3.22. The summed E-state index contributed by atoms with van der Waals surface area (Å²) in [5, 5.41) is 5.97. The Morgan fingerprint density at radius 1 is 1.05 bits per heavy atom. The second-order valence-electron chi connectivity index (χ2n) is 4.68. The van der Waals surface area contributed by atoms with Gasteiger partial charge in [-0.3, -0.25) is 4.79 Å². The Morgan fingerprint density at radius 3 is 2.40 bits per heavy atom. The number of rotatable bonds is 5. The van der Waals surface area contributed by atoms with Crippen molar-refractivity contribution in [1.29, 1.82) is 0 Å². The van der Waals surface area contributed by atoms with Crippen molar-refractivity contribution in [3.05, 3.63) is 65.2 Å². The topological polar surface area (TPSA) is 41.1 Å². The van der Waals surface area contributed by atoms with Gasteiger partial charge in [-0.05, 0) is 35.7 Å². The quantitative estimate of drug-likeness (QED) is 0.874. The predicted molar refractivity (Wildman–Crippen MR) is 83.0 cm³/mol. The molecule has 0 aromatic heterocycles. The Bertz CT molecular complexity index is 576. The minimum Gasteiger partial charge on any atom is -0.381 e. The van der Waals surface area contributed by atoms with Crippen LogP contribution in [0.15, 0.2) is 48.5 Å². The number of anilines is 1. The molecule has 2 aromatic rings. The maximum atomic E-state index is 11.6. The molecule has 0 heterocycles. The standard InChI is InChI=1S/C17H20N2O/c1-3-13-7-9-14(10-8-13)12-19-16-6-4-5-15(11-16)17(20)18-2/h4-11,19H,3,12H2,1-2H3,(H,18,20). The Labute approximate surface area is 120 Å². The van der Waals surface area contributed by atoms with Crippen molar-refractivity contribution in [2.24, 2.45) is 0 Å². The number of carbonyl (C=O) groups excluding carboxylic acids is 1. The Balaban J connectivity index is 2.01. The van der Waals surface area contributed by atoms with Crippen molar-refractivity contribution < 1.29 is 4.79 Å². The van der Waals surface area contributed by atoms with Crippen molar-refractivity contribution in [3.8, 4) is 0 Å². The van der Waals surface area contributed by atoms with Crippen LogP contribution in [0.5, 0.6) is 0 Å². The Kier molecular flexibility index (Phi) is 4.77. The maximum Gasteiger partial charge on any atom is 0.251 e. The fourth-order valence-electron chi connectivity index (χ4n) is 2.01. The molecule has 0 bridgehead atoms. The first kappa shape index (κ1) is 14.1. The van der Waals surface area contributed by atoms with Crippen LogP contribution in [0.3, 0.4) is 0 Å². The van der Waals surface area contributed by atoms with Crippen LogP contribution in [0.25, 0.3) is 0 Å². The summed E-state index contributed by atoms with van der Waals surface area (Å²) in [6, 6.07) is 16.1. The first-order chi connectivity index (χ1) is 9.72. The van der Waals surface area contributed by atoms with Gasteiger partial charge >= 0.3 is 0 Å². The van der Waals surface area contributed by atoms with E-state index in [2.05, 4.69) is 41.8 Å². The lowest BCUT2D eigenvalue weighted by atomic mass is 10.1. The average Bonchev–Trinajstić information content (AvgIpc) is 2.53. The number of hydrogen-bond donors (Lipinski definition) is 2. The Hall–Kier alpha value is -2.29. The SMILES string of the molecule is CCc1ccc(CNc2cccc(C(=O)NC)c2)cc1. The van der Waals surface area contributed by atoms with Crippen LogP contribution in [0.4, 0.5) is 5.69 Å². The summed E-state index contributed by atoms with van der Waals surface area (Å²) >= 11 is 0. The number of aryl methyl sites for hydroxylation is 1. The lowest BCUT2D eigenvalue weighted by Crippen LogP contribution is -2.17. The van der Waals surface area contributed by atoms with Gasteiger partial charge in [0, 0.05) is 24.8 Å². The van der Waals surface area contributed by atoms with E-state index in [0.29, 0.717) is 5.56 Å². The van der Waals surface area contributed by atoms with Crippen molar-refractivity contribution in [2.45, 2.75) is 19.9 Å². The van der Waals surface area contributed by atoms with E-state index in [9.17, 15) is 4.79 Å². The molecule has 0 unspecified atom stereocenters. The fraction of sp³-hybridized carbons (Fsp3) is 0.235. The smallest absolute Gasteiger partial charge is 0.251 e. The summed E-state index contributed by atoms with van der Waals surface area (Å²) in [4.78, 5) is 11.6. The van der Waals surface area contributed by atoms with Crippen LogP contribution in [-0.4, -0.2) is 13.0 Å². The van der Waals surface area contributed by atoms with Crippen molar-refractivity contribution in [1.82, 2.24) is 5.32 Å². The van der Waals surface area contributed by atoms with Crippen LogP contribution < -0.4 is 10.6 Å². The number of hydrogen-bond acceptors (Lipinski definition) is 2. The third-order valence-electron chi connectivity index (χ3n) is 3.28. The molecule has 3 nitrogen and oxygen atoms in total. The summed E-state index contributed by atoms with van der Waals surface area (Å²) in [6.45, 7) is 2.90. The number of nitrogens with one attached hydrogen (secondary N) is 2. The molecule has 0 aliphatic heterocycles. The molecule has 0 radical (unpaired) electrons. The van der Waals surface area contributed by atoms with E-state index in [1.807, 2.05) is 18.2 Å². The Morgan fingerprint density at radius 2 is 1.75 bits per heavy atom. The van der Waals surface area contributed by atoms with Gasteiger partial charge in [0.2, 0.25) is 0 Å². The van der Waals surface area contributed by atoms with Crippen molar-refractivity contribution in [2.75, 3.05) is 12.4 Å². The van der Waals surface area contributed by atoms with Gasteiger partial charge in [-0.15, -0.1) is 0 Å². The molecule has 20 heavy (non-hydrogen) atoms. The van der Waals surface area contributed by atoms with Gasteiger partial charge < -0.3 is 10.6 Å². The van der Waals surface area contributed by atoms with E-state index < -0.39 is 0 Å². The second-order valence-corrected chi connectivity index (χ2v) is 4.68. The van der Waals surface area contributed by atoms with Gasteiger partial charge in [0.1, 0.15) is 0 Å². The molecule has 0 aliphatic rings. The minimum atomic E-state index is -0.0686. The van der Waals surface area contributed by atoms with Crippen LogP contribution in [0.2, 0.25) is 0 Å². The largest absolute Gasteiger partial charge is 0.381 e. The molecule has 0 atom stereocenters. The van der Waals surface area contributed by atoms with E-state index in [4.69, 9.17) is 0 Å². The molecular weight excluding hydrogens is 248 g/mol. The molecule has 104 valence electrons. The maximum absolute atomic E-state index is 11.6. The third-order valence-corrected chi connectivity index (χ3v) is 3.28. The summed E-state index contributed by atoms with van der Waals surface area (Å²) in [5.74, 6) is -0.0686. The van der Waals surface area contributed by atoms with Gasteiger partial charge in [-0.25, -0.2) is 0 Å². The molecule has 2 N–H and O–H groups in total. The minimum absolute atomic E-state index is 0.0686. The molecule has 3 heteroatoms. The lowest BCUT2D eigenvalue weighted by molar-refractivity contribution is 0.0963. The molecule has 2 rings (SSSR count). The molecular formula is C17H20N2O. The molecule has 2 aromatic carbocycles. The lowest BCUT2D eigenvalue weighted by Gasteiger charge is -2.08. The zero-order chi connectivity index (χ0) is 14.4. The summed E-state index contributed by atoms with van der Waals surface area (Å²) in [6.07, 6.45) is 1.06. The highest BCUT2D eigenvalue weighted by Crippen LogP contribution is 2.13. The molecule has 0 aliphatic carbocycles. The molecule has 0 spiro atoms. The number of carbonyl (C=O) groups is 1. The highest BCUT2D eigenvalue weighted by Gasteiger charge is 2.03. The van der Waals surface area contributed by atoms with Crippen molar-refractivity contribution >= 4 is 11.6 Å². The van der Waals surface area contributed by atoms with Crippen LogP contribution in [0.1, 0.15) is 28.4 Å². The first-order valence-corrected chi connectivity index (χ1v) is 6.86. The summed E-state index contributed by atoms with van der Waals surface area (Å²) in [5.41, 5.74) is 4.19. The summed E-state index contributed by atoms with van der Waals surface area (Å²) < 4.78 is 0. The van der Waals surface area contributed by atoms with E-state index in [1.54, 1.807) is 13.1 Å². The second kappa shape index (κ2) is 6.75. The van der Waals surface area contributed by atoms with Gasteiger partial charge in [0.05, 0.1) is 0 Å². The van der Waals surface area contributed by atoms with E-state index in [1.165, 1.54) is 11.1 Å². The third kappa shape index (κ3) is 3.60. The highest BCUT2D eigenvalue weighted by atomic mass is 16.1. The van der Waals surface area contributed by atoms with Crippen molar-refractivity contribution in [3.63, 3.8) is 0 Å². The van der Waals surface area contributed by atoms with E-state index >= 15 is 0 Å². The van der Waals surface area contributed by atoms with Crippen LogP contribution in [-0.2, 0) is 13.0 Å². The number of benzene rings is 2. The molecule has 1 amide bonds. The zero-order valence-corrected chi connectivity index (χ0v) is 11.9. The molecule has 0 saturated heterocycles. The van der Waals surface area contributed by atoms with Gasteiger partial charge in [-0.2, -0.15) is 0 Å². The molecule has 0 fully saturated rings. The van der Waals surface area contributed by atoms with Gasteiger partial charge in [-0.1, -0.05) is 37.3 Å².